The van der Waals surface area contributed by atoms with Gasteiger partial charge in [-0.3, -0.25) is 9.78 Å². The number of hydrogen-bond donors (Lipinski definition) is 2. The lowest BCUT2D eigenvalue weighted by Crippen LogP contribution is -2.23. The number of nitrogens with one attached hydrogen (secondary N) is 1. The van der Waals surface area contributed by atoms with Gasteiger partial charge in [-0.25, -0.2) is 4.79 Å². The van der Waals surface area contributed by atoms with Crippen LogP contribution in [0.1, 0.15) is 26.4 Å². The van der Waals surface area contributed by atoms with E-state index in [1.165, 1.54) is 18.3 Å². The van der Waals surface area contributed by atoms with Gasteiger partial charge in [0.25, 0.3) is 5.91 Å². The van der Waals surface area contributed by atoms with Gasteiger partial charge < -0.3 is 10.4 Å². The number of carbonyl (C=O) groups is 2. The molecule has 0 aliphatic carbocycles. The number of pyridine rings is 1. The Bertz CT molecular complexity index is 597. The fraction of sp³-hybridized carbons (Fsp3) is 0.0714. The number of hydrogen-bond acceptors (Lipinski definition) is 3. The minimum Gasteiger partial charge on any atom is -0.478 e. The first-order chi connectivity index (χ1) is 9.16. The van der Waals surface area contributed by atoms with Gasteiger partial charge in [0.2, 0.25) is 0 Å². The van der Waals surface area contributed by atoms with Crippen molar-refractivity contribution >= 4 is 11.9 Å². The van der Waals surface area contributed by atoms with Crippen molar-refractivity contribution < 1.29 is 14.7 Å². The van der Waals surface area contributed by atoms with Crippen LogP contribution in [-0.4, -0.2) is 22.0 Å². The molecule has 0 fully saturated rings. The Morgan fingerprint density at radius 2 is 1.84 bits per heavy atom. The minimum absolute atomic E-state index is 0.152. The number of benzene rings is 1. The Hall–Kier alpha value is -2.69. The van der Waals surface area contributed by atoms with E-state index in [4.69, 9.17) is 5.11 Å². The number of amides is 1. The lowest BCUT2D eigenvalue weighted by molar-refractivity contribution is 0.0696. The average molecular weight is 256 g/mol. The van der Waals surface area contributed by atoms with Gasteiger partial charge in [-0.2, -0.15) is 0 Å². The molecule has 5 heteroatoms. The van der Waals surface area contributed by atoms with Gasteiger partial charge in [0.05, 0.1) is 17.8 Å². The van der Waals surface area contributed by atoms with Crippen molar-refractivity contribution in [2.24, 2.45) is 0 Å². The highest BCUT2D eigenvalue weighted by Crippen LogP contribution is 2.03. The molecular weight excluding hydrogens is 244 g/mol. The van der Waals surface area contributed by atoms with Crippen molar-refractivity contribution in [3.63, 3.8) is 0 Å². The minimum atomic E-state index is -1.02. The molecule has 0 aliphatic heterocycles. The molecule has 19 heavy (non-hydrogen) atoms. The van der Waals surface area contributed by atoms with Crippen LogP contribution in [-0.2, 0) is 6.54 Å². The van der Waals surface area contributed by atoms with E-state index in [1.807, 2.05) is 6.07 Å². The van der Waals surface area contributed by atoms with Crippen molar-refractivity contribution in [3.8, 4) is 0 Å². The van der Waals surface area contributed by atoms with E-state index in [0.29, 0.717) is 11.3 Å². The summed E-state index contributed by atoms with van der Waals surface area (Å²) in [7, 11) is 0. The number of aromatic carboxylic acids is 1. The SMILES string of the molecule is O=C(O)c1ccnc(CNC(=O)c2ccccc2)c1. The zero-order valence-electron chi connectivity index (χ0n) is 10.0. The molecule has 0 spiro atoms. The maximum atomic E-state index is 11.8. The number of rotatable bonds is 4. The highest BCUT2D eigenvalue weighted by atomic mass is 16.4. The molecule has 96 valence electrons. The zero-order valence-corrected chi connectivity index (χ0v) is 10.0. The van der Waals surface area contributed by atoms with Crippen molar-refractivity contribution in [2.75, 3.05) is 0 Å². The van der Waals surface area contributed by atoms with Crippen LogP contribution in [0.15, 0.2) is 48.7 Å². The molecule has 0 atom stereocenters. The van der Waals surface area contributed by atoms with Crippen molar-refractivity contribution in [1.82, 2.24) is 10.3 Å². The molecule has 2 N–H and O–H groups in total. The summed E-state index contributed by atoms with van der Waals surface area (Å²) in [6.07, 6.45) is 1.41. The van der Waals surface area contributed by atoms with Crippen LogP contribution >= 0.6 is 0 Å². The van der Waals surface area contributed by atoms with E-state index in [9.17, 15) is 9.59 Å². The van der Waals surface area contributed by atoms with Gasteiger partial charge in [0, 0.05) is 11.8 Å². The standard InChI is InChI=1S/C14H12N2O3/c17-13(10-4-2-1-3-5-10)16-9-12-8-11(14(18)19)6-7-15-12/h1-8H,9H2,(H,16,17)(H,18,19). The summed E-state index contributed by atoms with van der Waals surface area (Å²) in [4.78, 5) is 26.6. The maximum absolute atomic E-state index is 11.8. The third-order valence-corrected chi connectivity index (χ3v) is 2.53. The lowest BCUT2D eigenvalue weighted by atomic mass is 10.2. The Kier molecular flexibility index (Phi) is 3.87. The summed E-state index contributed by atoms with van der Waals surface area (Å²) in [6.45, 7) is 0.189. The summed E-state index contributed by atoms with van der Waals surface area (Å²) in [5.74, 6) is -1.24. The second-order valence-electron chi connectivity index (χ2n) is 3.89. The summed E-state index contributed by atoms with van der Waals surface area (Å²) in [5, 5.41) is 11.5. The highest BCUT2D eigenvalue weighted by molar-refractivity contribution is 5.94. The molecule has 2 rings (SSSR count). The van der Waals surface area contributed by atoms with Gasteiger partial charge in [-0.05, 0) is 24.3 Å². The van der Waals surface area contributed by atoms with E-state index in [-0.39, 0.29) is 18.0 Å². The normalized spacial score (nSPS) is 9.89. The summed E-state index contributed by atoms with van der Waals surface area (Å²) < 4.78 is 0. The number of carbonyl (C=O) groups excluding carboxylic acids is 1. The van der Waals surface area contributed by atoms with Crippen LogP contribution in [0, 0.1) is 0 Å². The Morgan fingerprint density at radius 1 is 1.11 bits per heavy atom. The number of aromatic nitrogens is 1. The highest BCUT2D eigenvalue weighted by Gasteiger charge is 2.07. The van der Waals surface area contributed by atoms with Crippen LogP contribution in [0.25, 0.3) is 0 Å². The van der Waals surface area contributed by atoms with E-state index in [2.05, 4.69) is 10.3 Å². The summed E-state index contributed by atoms with van der Waals surface area (Å²) in [6, 6.07) is 11.6. The fourth-order valence-electron chi connectivity index (χ4n) is 1.57. The smallest absolute Gasteiger partial charge is 0.335 e. The number of carboxylic acids is 1. The first-order valence-electron chi connectivity index (χ1n) is 5.68. The lowest BCUT2D eigenvalue weighted by Gasteiger charge is -2.05. The van der Waals surface area contributed by atoms with Crippen LogP contribution in [0.5, 0.6) is 0 Å². The van der Waals surface area contributed by atoms with Gasteiger partial charge in [0.1, 0.15) is 0 Å². The van der Waals surface area contributed by atoms with Crippen molar-refractivity contribution in [1.29, 1.82) is 0 Å². The number of carboxylic acid groups (broad SMARTS) is 1. The molecule has 1 aromatic carbocycles. The molecule has 0 aliphatic rings. The molecule has 2 aromatic rings. The predicted octanol–water partition coefficient (Wildman–Crippen LogP) is 1.71. The first-order valence-corrected chi connectivity index (χ1v) is 5.68. The van der Waals surface area contributed by atoms with E-state index >= 15 is 0 Å². The van der Waals surface area contributed by atoms with E-state index < -0.39 is 5.97 Å². The fourth-order valence-corrected chi connectivity index (χ4v) is 1.57. The topological polar surface area (TPSA) is 79.3 Å². The van der Waals surface area contributed by atoms with E-state index in [1.54, 1.807) is 24.3 Å². The third-order valence-electron chi connectivity index (χ3n) is 2.53. The largest absolute Gasteiger partial charge is 0.478 e. The van der Waals surface area contributed by atoms with Crippen LogP contribution in [0.3, 0.4) is 0 Å². The van der Waals surface area contributed by atoms with Crippen LogP contribution in [0.4, 0.5) is 0 Å². The van der Waals surface area contributed by atoms with E-state index in [0.717, 1.165) is 0 Å². The van der Waals surface area contributed by atoms with Gasteiger partial charge in [0.15, 0.2) is 0 Å². The molecule has 0 bridgehead atoms. The number of nitrogens with zero attached hydrogens (tertiary/aromatic N) is 1. The molecule has 0 radical (unpaired) electrons. The first kappa shape index (κ1) is 12.8. The molecule has 1 amide bonds. The average Bonchev–Trinajstić information content (AvgIpc) is 2.46. The molecule has 0 saturated carbocycles. The van der Waals surface area contributed by atoms with Gasteiger partial charge >= 0.3 is 5.97 Å². The quantitative estimate of drug-likeness (QED) is 0.872. The molecule has 1 aromatic heterocycles. The van der Waals surface area contributed by atoms with Crippen molar-refractivity contribution in [2.45, 2.75) is 6.54 Å². The zero-order chi connectivity index (χ0) is 13.7. The monoisotopic (exact) mass is 256 g/mol. The van der Waals surface area contributed by atoms with Gasteiger partial charge in [-0.1, -0.05) is 18.2 Å². The molecule has 1 heterocycles. The maximum Gasteiger partial charge on any atom is 0.335 e. The van der Waals surface area contributed by atoms with Gasteiger partial charge in [-0.15, -0.1) is 0 Å². The molecule has 5 nitrogen and oxygen atoms in total. The Labute approximate surface area is 109 Å². The van der Waals surface area contributed by atoms with Crippen molar-refractivity contribution in [3.05, 3.63) is 65.5 Å². The molecular formula is C14H12N2O3. The Balaban J connectivity index is 2.01. The molecule has 0 saturated heterocycles. The summed E-state index contributed by atoms with van der Waals surface area (Å²) in [5.41, 5.74) is 1.21. The second kappa shape index (κ2) is 5.77. The third kappa shape index (κ3) is 3.38. The van der Waals surface area contributed by atoms with Crippen LogP contribution in [0.2, 0.25) is 0 Å². The summed E-state index contributed by atoms with van der Waals surface area (Å²) >= 11 is 0. The second-order valence-corrected chi connectivity index (χ2v) is 3.89. The Morgan fingerprint density at radius 3 is 2.53 bits per heavy atom. The van der Waals surface area contributed by atoms with Crippen LogP contribution < -0.4 is 5.32 Å². The predicted molar refractivity (Wildman–Crippen MR) is 68.8 cm³/mol. The molecule has 0 unspecified atom stereocenters.